The van der Waals surface area contributed by atoms with Gasteiger partial charge in [0.1, 0.15) is 34.6 Å². The molecule has 2 aliphatic heterocycles. The summed E-state index contributed by atoms with van der Waals surface area (Å²) in [5, 5.41) is 54.3. The monoisotopic (exact) mass is 596 g/mol. The lowest BCUT2D eigenvalue weighted by molar-refractivity contribution is -0.382. The number of aromatic amines is 1. The minimum Gasteiger partial charge on any atom is -0.448 e. The van der Waals surface area contributed by atoms with Crippen molar-refractivity contribution in [1.29, 1.82) is 0 Å². The van der Waals surface area contributed by atoms with Crippen LogP contribution in [0.2, 0.25) is 0 Å². The summed E-state index contributed by atoms with van der Waals surface area (Å²) < 4.78 is 12.3. The van der Waals surface area contributed by atoms with Crippen molar-refractivity contribution in [2.24, 2.45) is 27.8 Å². The van der Waals surface area contributed by atoms with E-state index in [4.69, 9.17) is 14.3 Å². The van der Waals surface area contributed by atoms with E-state index in [1.807, 2.05) is 30.3 Å². The molecule has 1 aromatic carbocycles. The van der Waals surface area contributed by atoms with E-state index >= 15 is 0 Å². The largest absolute Gasteiger partial charge is 0.448 e. The summed E-state index contributed by atoms with van der Waals surface area (Å²) >= 11 is 0. The SMILES string of the molecule is CC(C)[C@@]1(O)[C@@H](OC(=O)c2ccc[nH]2)/C(=N/OCc2ccccc2)[C@@]2(C)C[C@]3(O)O[C@]4(C(=O)[C@]13C)[C@H](O)[C@@H](C)CC[C@@]42O. The fourth-order valence-corrected chi connectivity index (χ4v) is 8.49. The number of Topliss-reactive ketones (excluding diaryl/α,β-unsaturated/α-hetero) is 1. The van der Waals surface area contributed by atoms with Crippen LogP contribution in [0.5, 0.6) is 0 Å². The van der Waals surface area contributed by atoms with Crippen LogP contribution in [-0.4, -0.2) is 77.7 Å². The molecule has 43 heavy (non-hydrogen) atoms. The van der Waals surface area contributed by atoms with Crippen LogP contribution in [0.25, 0.3) is 0 Å². The number of H-pyrrole nitrogens is 1. The Morgan fingerprint density at radius 2 is 1.84 bits per heavy atom. The molecule has 0 radical (unpaired) electrons. The van der Waals surface area contributed by atoms with Gasteiger partial charge in [-0.05, 0) is 49.3 Å². The molecule has 0 amide bonds. The van der Waals surface area contributed by atoms with Crippen molar-refractivity contribution in [3.8, 4) is 0 Å². The standard InChI is InChI=1S/C32H40N2O9/c1-18(2)31(40)24(42-25(36)21-12-9-15-33-21)22(34-41-16-20-10-7-6-8-11-20)27(4)17-30(39)28(31,5)26(37)32(43-30)23(35)19(3)13-14-29(27,32)38/h6-12,15,18-19,23-24,33,35,38-40H,13-14,16-17H2,1-5H3/b34-22-/t19-,23+,24-,27+,28-,29-,30-,31+,32-/m0/s1. The van der Waals surface area contributed by atoms with Crippen molar-refractivity contribution in [3.05, 3.63) is 59.9 Å². The number of benzene rings is 1. The first-order valence-electron chi connectivity index (χ1n) is 14.8. The number of nitrogens with one attached hydrogen (secondary N) is 1. The topological polar surface area (TPSA) is 171 Å². The van der Waals surface area contributed by atoms with Crippen molar-refractivity contribution in [3.63, 3.8) is 0 Å². The molecule has 2 aromatic rings. The van der Waals surface area contributed by atoms with Crippen LogP contribution in [-0.2, 0) is 25.7 Å². The molecule has 1 aromatic heterocycles. The lowest BCUT2D eigenvalue weighted by atomic mass is 9.48. The van der Waals surface area contributed by atoms with Gasteiger partial charge in [-0.25, -0.2) is 4.79 Å². The molecule has 9 atom stereocenters. The Bertz CT molecular complexity index is 1460. The van der Waals surface area contributed by atoms with Gasteiger partial charge < -0.3 is 39.7 Å². The smallest absolute Gasteiger partial charge is 0.355 e. The fraction of sp³-hybridized carbons (Fsp3) is 0.594. The van der Waals surface area contributed by atoms with Crippen LogP contribution in [0.15, 0.2) is 53.8 Å². The van der Waals surface area contributed by atoms with Gasteiger partial charge in [-0.1, -0.05) is 63.2 Å². The minimum absolute atomic E-state index is 0.00866. The first kappa shape index (κ1) is 30.0. The third-order valence-electron chi connectivity index (χ3n) is 11.1. The molecule has 3 heterocycles. The molecule has 3 bridgehead atoms. The van der Waals surface area contributed by atoms with Crippen LogP contribution in [0.4, 0.5) is 0 Å². The second-order valence-electron chi connectivity index (χ2n) is 13.5. The molecule has 2 aliphatic carbocycles. The maximum Gasteiger partial charge on any atom is 0.355 e. The van der Waals surface area contributed by atoms with Gasteiger partial charge in [-0.3, -0.25) is 4.79 Å². The Balaban J connectivity index is 1.63. The van der Waals surface area contributed by atoms with Gasteiger partial charge in [0, 0.05) is 12.6 Å². The fourth-order valence-electron chi connectivity index (χ4n) is 8.49. The van der Waals surface area contributed by atoms with Crippen molar-refractivity contribution in [2.45, 2.75) is 95.3 Å². The molecule has 6 rings (SSSR count). The normalized spacial score (nSPS) is 44.4. The number of ether oxygens (including phenoxy) is 2. The summed E-state index contributed by atoms with van der Waals surface area (Å²) in [5.74, 6) is -5.37. The van der Waals surface area contributed by atoms with E-state index in [1.165, 1.54) is 13.0 Å². The third-order valence-corrected chi connectivity index (χ3v) is 11.1. The number of hydrogen-bond donors (Lipinski definition) is 5. The molecule has 5 N–H and O–H groups in total. The predicted octanol–water partition coefficient (Wildman–Crippen LogP) is 2.48. The van der Waals surface area contributed by atoms with Gasteiger partial charge >= 0.3 is 5.97 Å². The summed E-state index contributed by atoms with van der Waals surface area (Å²) in [6.07, 6.45) is -1.69. The van der Waals surface area contributed by atoms with E-state index in [1.54, 1.807) is 40.0 Å². The van der Waals surface area contributed by atoms with Crippen molar-refractivity contribution in [1.82, 2.24) is 4.98 Å². The Kier molecular flexibility index (Phi) is 6.59. The highest BCUT2D eigenvalue weighted by Gasteiger charge is 2.92. The van der Waals surface area contributed by atoms with Crippen LogP contribution >= 0.6 is 0 Å². The number of esters is 1. The maximum absolute atomic E-state index is 14.9. The first-order chi connectivity index (χ1) is 20.1. The van der Waals surface area contributed by atoms with Gasteiger partial charge in [-0.15, -0.1) is 0 Å². The van der Waals surface area contributed by atoms with Gasteiger partial charge in [-0.2, -0.15) is 0 Å². The zero-order valence-corrected chi connectivity index (χ0v) is 25.0. The molecule has 1 spiro atoms. The molecular weight excluding hydrogens is 556 g/mol. The number of rotatable bonds is 6. The molecule has 232 valence electrons. The third kappa shape index (κ3) is 3.45. The highest BCUT2D eigenvalue weighted by atomic mass is 16.7. The average molecular weight is 597 g/mol. The second-order valence-corrected chi connectivity index (χ2v) is 13.5. The summed E-state index contributed by atoms with van der Waals surface area (Å²) in [5.41, 5.74) is -9.79. The van der Waals surface area contributed by atoms with Gasteiger partial charge in [0.05, 0.1) is 11.5 Å². The van der Waals surface area contributed by atoms with Gasteiger partial charge in [0.2, 0.25) is 0 Å². The van der Waals surface area contributed by atoms with Crippen LogP contribution in [0.3, 0.4) is 0 Å². The molecule has 0 unspecified atom stereocenters. The lowest BCUT2D eigenvalue weighted by Gasteiger charge is -2.62. The van der Waals surface area contributed by atoms with E-state index in [0.29, 0.717) is 6.42 Å². The highest BCUT2D eigenvalue weighted by Crippen LogP contribution is 2.74. The number of carbonyl (C=O) groups excluding carboxylic acids is 2. The summed E-state index contributed by atoms with van der Waals surface area (Å²) in [6.45, 7) is 8.00. The van der Waals surface area contributed by atoms with E-state index in [2.05, 4.69) is 10.1 Å². The molecule has 11 heteroatoms. The minimum atomic E-state index is -2.38. The van der Waals surface area contributed by atoms with E-state index in [-0.39, 0.29) is 30.9 Å². The zero-order valence-electron chi connectivity index (χ0n) is 25.0. The average Bonchev–Trinajstić information content (AvgIpc) is 3.56. The van der Waals surface area contributed by atoms with Crippen LogP contribution in [0, 0.1) is 22.7 Å². The van der Waals surface area contributed by atoms with Crippen molar-refractivity contribution in [2.75, 3.05) is 0 Å². The Morgan fingerprint density at radius 3 is 2.47 bits per heavy atom. The first-order valence-corrected chi connectivity index (χ1v) is 14.8. The lowest BCUT2D eigenvalue weighted by Crippen LogP contribution is -2.80. The Hall–Kier alpha value is -3.09. The summed E-state index contributed by atoms with van der Waals surface area (Å²) in [4.78, 5) is 37.1. The van der Waals surface area contributed by atoms with E-state index in [0.717, 1.165) is 5.56 Å². The number of carbonyl (C=O) groups is 2. The van der Waals surface area contributed by atoms with Gasteiger partial charge in [0.25, 0.3) is 0 Å². The molecule has 11 nitrogen and oxygen atoms in total. The summed E-state index contributed by atoms with van der Waals surface area (Å²) in [6, 6.07) is 12.3. The molecule has 4 aliphatic rings. The number of oxime groups is 1. The Morgan fingerprint density at radius 1 is 1.14 bits per heavy atom. The number of fused-ring (bicyclic) bond motifs is 2. The maximum atomic E-state index is 14.9. The number of aliphatic hydroxyl groups excluding tert-OH is 1. The molecular formula is C32H40N2O9. The van der Waals surface area contributed by atoms with Gasteiger partial charge in [0.15, 0.2) is 23.3 Å². The number of nitrogens with zero attached hydrogens (tertiary/aromatic N) is 1. The van der Waals surface area contributed by atoms with Crippen LogP contribution < -0.4 is 0 Å². The summed E-state index contributed by atoms with van der Waals surface area (Å²) in [7, 11) is 0. The number of aromatic nitrogens is 1. The molecule has 2 saturated heterocycles. The van der Waals surface area contributed by atoms with Crippen molar-refractivity contribution >= 4 is 17.5 Å². The van der Waals surface area contributed by atoms with Crippen LogP contribution in [0.1, 0.15) is 69.9 Å². The molecule has 2 saturated carbocycles. The number of aliphatic hydroxyl groups is 4. The zero-order chi connectivity index (χ0) is 31.2. The predicted molar refractivity (Wildman–Crippen MR) is 152 cm³/mol. The van der Waals surface area contributed by atoms with E-state index < -0.39 is 69.2 Å². The number of ketones is 1. The quantitative estimate of drug-likeness (QED) is 0.248. The number of hydrogen-bond acceptors (Lipinski definition) is 10. The highest BCUT2D eigenvalue weighted by molar-refractivity contribution is 6.08. The van der Waals surface area contributed by atoms with Crippen molar-refractivity contribution < 1.29 is 44.3 Å². The molecule has 4 fully saturated rings. The Labute approximate surface area is 249 Å². The van der Waals surface area contributed by atoms with E-state index in [9.17, 15) is 30.0 Å². The second kappa shape index (κ2) is 9.45.